The van der Waals surface area contributed by atoms with E-state index < -0.39 is 22.5 Å². The maximum Gasteiger partial charge on any atom is 0.255 e. The lowest BCUT2D eigenvalue weighted by Crippen LogP contribution is -2.34. The van der Waals surface area contributed by atoms with Gasteiger partial charge in [0.15, 0.2) is 0 Å². The van der Waals surface area contributed by atoms with Gasteiger partial charge in [0.05, 0.1) is 17.7 Å². The predicted molar refractivity (Wildman–Crippen MR) is 115 cm³/mol. The molecular formula is C22H21N3O4S. The van der Waals surface area contributed by atoms with E-state index in [9.17, 15) is 13.2 Å². The maximum absolute atomic E-state index is 12.1. The van der Waals surface area contributed by atoms with E-state index in [2.05, 4.69) is 15.2 Å². The molecule has 0 heterocycles. The highest BCUT2D eigenvalue weighted by atomic mass is 32.2. The monoisotopic (exact) mass is 423 g/mol. The van der Waals surface area contributed by atoms with Gasteiger partial charge in [-0.05, 0) is 35.4 Å². The Balaban J connectivity index is 1.48. The molecule has 0 aromatic heterocycles. The number of hydrazone groups is 1. The van der Waals surface area contributed by atoms with Crippen molar-refractivity contribution in [1.82, 2.24) is 10.1 Å². The van der Waals surface area contributed by atoms with Crippen LogP contribution in [0.15, 0.2) is 94.9 Å². The number of amides is 1. The Bertz CT molecular complexity index is 1100. The van der Waals surface area contributed by atoms with Gasteiger partial charge in [0.25, 0.3) is 5.91 Å². The van der Waals surface area contributed by atoms with Gasteiger partial charge in [-0.1, -0.05) is 60.7 Å². The molecule has 8 heteroatoms. The summed E-state index contributed by atoms with van der Waals surface area (Å²) in [5, 5.41) is 3.86. The number of hydrogen-bond acceptors (Lipinski definition) is 5. The summed E-state index contributed by atoms with van der Waals surface area (Å²) in [6.07, 6.45) is 1.46. The largest absolute Gasteiger partial charge is 0.489 e. The average Bonchev–Trinajstić information content (AvgIpc) is 2.78. The molecule has 0 bridgehead atoms. The van der Waals surface area contributed by atoms with Crippen LogP contribution in [0.5, 0.6) is 5.75 Å². The van der Waals surface area contributed by atoms with Gasteiger partial charge >= 0.3 is 0 Å². The summed E-state index contributed by atoms with van der Waals surface area (Å²) in [5.74, 6) is 0.0898. The lowest BCUT2D eigenvalue weighted by Gasteiger charge is -2.07. The van der Waals surface area contributed by atoms with Crippen LogP contribution in [-0.2, 0) is 21.4 Å². The molecule has 0 fully saturated rings. The van der Waals surface area contributed by atoms with Crippen molar-refractivity contribution in [3.05, 3.63) is 96.1 Å². The topological polar surface area (TPSA) is 96.9 Å². The quantitative estimate of drug-likeness (QED) is 0.408. The second-order valence-electron chi connectivity index (χ2n) is 6.28. The van der Waals surface area contributed by atoms with Gasteiger partial charge in [0.2, 0.25) is 10.0 Å². The molecule has 3 aromatic carbocycles. The highest BCUT2D eigenvalue weighted by Crippen LogP contribution is 2.14. The van der Waals surface area contributed by atoms with Crippen molar-refractivity contribution in [3.63, 3.8) is 0 Å². The molecule has 1 amide bonds. The van der Waals surface area contributed by atoms with Gasteiger partial charge in [-0.2, -0.15) is 5.10 Å². The lowest BCUT2D eigenvalue weighted by atomic mass is 10.2. The first kappa shape index (κ1) is 21.2. The van der Waals surface area contributed by atoms with E-state index >= 15 is 0 Å². The van der Waals surface area contributed by atoms with Gasteiger partial charge in [-0.3, -0.25) is 4.79 Å². The zero-order valence-electron chi connectivity index (χ0n) is 16.1. The van der Waals surface area contributed by atoms with Crippen molar-refractivity contribution in [3.8, 4) is 5.75 Å². The van der Waals surface area contributed by atoms with Gasteiger partial charge in [0.1, 0.15) is 12.4 Å². The van der Waals surface area contributed by atoms with Crippen LogP contribution >= 0.6 is 0 Å². The Hall–Kier alpha value is -3.49. The Morgan fingerprint density at radius 2 is 1.63 bits per heavy atom. The number of benzene rings is 3. The zero-order valence-corrected chi connectivity index (χ0v) is 16.9. The summed E-state index contributed by atoms with van der Waals surface area (Å²) in [4.78, 5) is 12.0. The summed E-state index contributed by atoms with van der Waals surface area (Å²) in [6, 6.07) is 24.9. The van der Waals surface area contributed by atoms with E-state index in [-0.39, 0.29) is 4.90 Å². The molecule has 3 aromatic rings. The molecular weight excluding hydrogens is 402 g/mol. The number of rotatable bonds is 9. The van der Waals surface area contributed by atoms with Gasteiger partial charge in [-0.25, -0.2) is 18.6 Å². The Kier molecular flexibility index (Phi) is 7.31. The summed E-state index contributed by atoms with van der Waals surface area (Å²) in [6.45, 7) is 0.0223. The second-order valence-corrected chi connectivity index (χ2v) is 8.04. The molecule has 0 saturated heterocycles. The molecule has 2 N–H and O–H groups in total. The Labute approximate surface area is 175 Å². The Morgan fingerprint density at radius 1 is 0.933 bits per heavy atom. The van der Waals surface area contributed by atoms with E-state index in [0.29, 0.717) is 12.4 Å². The predicted octanol–water partition coefficient (Wildman–Crippen LogP) is 2.69. The number of nitrogens with one attached hydrogen (secondary N) is 2. The molecule has 0 saturated carbocycles. The van der Waals surface area contributed by atoms with Crippen LogP contribution in [0.4, 0.5) is 0 Å². The number of carbonyl (C=O) groups excluding carboxylic acids is 1. The first-order valence-electron chi connectivity index (χ1n) is 9.16. The second kappa shape index (κ2) is 10.3. The highest BCUT2D eigenvalue weighted by molar-refractivity contribution is 7.89. The first-order chi connectivity index (χ1) is 14.5. The number of hydrogen-bond donors (Lipinski definition) is 2. The summed E-state index contributed by atoms with van der Waals surface area (Å²) in [5.41, 5.74) is 4.08. The molecule has 30 heavy (non-hydrogen) atoms. The van der Waals surface area contributed by atoms with Crippen LogP contribution < -0.4 is 14.9 Å². The van der Waals surface area contributed by atoms with Gasteiger partial charge < -0.3 is 4.74 Å². The SMILES string of the molecule is O=C(CNS(=O)(=O)c1ccccc1)N/N=C\c1cccc(OCc2ccccc2)c1. The molecule has 3 rings (SSSR count). The van der Waals surface area contributed by atoms with Crippen molar-refractivity contribution in [2.45, 2.75) is 11.5 Å². The van der Waals surface area contributed by atoms with Crippen LogP contribution in [0.3, 0.4) is 0 Å². The summed E-state index contributed by atoms with van der Waals surface area (Å²) in [7, 11) is -3.75. The molecule has 0 atom stereocenters. The first-order valence-corrected chi connectivity index (χ1v) is 10.6. The molecule has 0 aliphatic rings. The minimum absolute atomic E-state index is 0.0913. The number of ether oxygens (including phenoxy) is 1. The van der Waals surface area contributed by atoms with E-state index in [4.69, 9.17) is 4.74 Å². The van der Waals surface area contributed by atoms with Crippen LogP contribution in [0, 0.1) is 0 Å². The third-order valence-electron chi connectivity index (χ3n) is 3.99. The fourth-order valence-electron chi connectivity index (χ4n) is 2.49. The van der Waals surface area contributed by atoms with E-state index in [1.54, 1.807) is 24.3 Å². The third-order valence-corrected chi connectivity index (χ3v) is 5.40. The molecule has 0 radical (unpaired) electrons. The third kappa shape index (κ3) is 6.54. The molecule has 0 unspecified atom stereocenters. The van der Waals surface area contributed by atoms with Crippen molar-refractivity contribution >= 4 is 22.1 Å². The maximum atomic E-state index is 12.1. The summed E-state index contributed by atoms with van der Waals surface area (Å²) < 4.78 is 32.2. The minimum atomic E-state index is -3.75. The van der Waals surface area contributed by atoms with E-state index in [1.165, 1.54) is 18.3 Å². The molecule has 154 valence electrons. The standard InChI is InChI=1S/C22H21N3O4S/c26-22(16-24-30(27,28)21-12-5-2-6-13-21)25-23-15-19-10-7-11-20(14-19)29-17-18-8-3-1-4-9-18/h1-15,24H,16-17H2,(H,25,26)/b23-15-. The van der Waals surface area contributed by atoms with Crippen LogP contribution in [0.2, 0.25) is 0 Å². The normalized spacial score (nSPS) is 11.3. The zero-order chi connectivity index (χ0) is 21.2. The lowest BCUT2D eigenvalue weighted by molar-refractivity contribution is -0.119. The van der Waals surface area contributed by atoms with Crippen LogP contribution in [-0.4, -0.2) is 27.1 Å². The minimum Gasteiger partial charge on any atom is -0.489 e. The molecule has 0 spiro atoms. The van der Waals surface area contributed by atoms with Crippen LogP contribution in [0.1, 0.15) is 11.1 Å². The number of carbonyl (C=O) groups is 1. The van der Waals surface area contributed by atoms with Gasteiger partial charge in [0, 0.05) is 0 Å². The van der Waals surface area contributed by atoms with E-state index in [0.717, 1.165) is 11.1 Å². The fourth-order valence-corrected chi connectivity index (χ4v) is 3.49. The van der Waals surface area contributed by atoms with E-state index in [1.807, 2.05) is 48.5 Å². The van der Waals surface area contributed by atoms with Gasteiger partial charge in [-0.15, -0.1) is 0 Å². The highest BCUT2D eigenvalue weighted by Gasteiger charge is 2.14. The van der Waals surface area contributed by atoms with Crippen molar-refractivity contribution in [1.29, 1.82) is 0 Å². The number of sulfonamides is 1. The van der Waals surface area contributed by atoms with Crippen molar-refractivity contribution in [2.75, 3.05) is 6.54 Å². The average molecular weight is 423 g/mol. The molecule has 0 aliphatic heterocycles. The molecule has 7 nitrogen and oxygen atoms in total. The summed E-state index contributed by atoms with van der Waals surface area (Å²) >= 11 is 0. The number of nitrogens with zero attached hydrogens (tertiary/aromatic N) is 1. The van der Waals surface area contributed by atoms with Crippen LogP contribution in [0.25, 0.3) is 0 Å². The molecule has 0 aliphatic carbocycles. The van der Waals surface area contributed by atoms with Crippen molar-refractivity contribution in [2.24, 2.45) is 5.10 Å². The van der Waals surface area contributed by atoms with Crippen molar-refractivity contribution < 1.29 is 17.9 Å². The Morgan fingerprint density at radius 3 is 2.37 bits per heavy atom. The smallest absolute Gasteiger partial charge is 0.255 e. The fraction of sp³-hybridized carbons (Fsp3) is 0.0909.